The summed E-state index contributed by atoms with van der Waals surface area (Å²) in [6.07, 6.45) is 0. The smallest absolute Gasteiger partial charge is 0.251 e. The highest BCUT2D eigenvalue weighted by atomic mass is 79.9. The molecule has 0 unspecified atom stereocenters. The number of fused-ring (bicyclic) bond motifs is 1. The Morgan fingerprint density at radius 2 is 1.75 bits per heavy atom. The van der Waals surface area contributed by atoms with Crippen molar-refractivity contribution >= 4 is 38.8 Å². The van der Waals surface area contributed by atoms with Crippen molar-refractivity contribution in [1.29, 1.82) is 0 Å². The van der Waals surface area contributed by atoms with Crippen LogP contribution in [0.5, 0.6) is 0 Å². The van der Waals surface area contributed by atoms with Crippen molar-refractivity contribution in [2.45, 2.75) is 26.9 Å². The molecule has 3 aromatic rings. The number of carbonyl (C=O) groups is 2. The quantitative estimate of drug-likeness (QED) is 0.607. The molecule has 0 spiro atoms. The summed E-state index contributed by atoms with van der Waals surface area (Å²) in [5.41, 5.74) is 2.27. The Kier molecular flexibility index (Phi) is 6.46. The maximum Gasteiger partial charge on any atom is 0.251 e. The summed E-state index contributed by atoms with van der Waals surface area (Å²) in [4.78, 5) is 31.5. The lowest BCUT2D eigenvalue weighted by molar-refractivity contribution is -0.131. The highest BCUT2D eigenvalue weighted by Crippen LogP contribution is 2.17. The summed E-state index contributed by atoms with van der Waals surface area (Å²) in [6.45, 7) is 5.70. The average Bonchev–Trinajstić information content (AvgIpc) is 3.05. The fourth-order valence-electron chi connectivity index (χ4n) is 3.11. The van der Waals surface area contributed by atoms with Crippen LogP contribution in [0.1, 0.15) is 30.0 Å². The lowest BCUT2D eigenvalue weighted by atomic mass is 10.2. The molecule has 0 aliphatic rings. The lowest BCUT2D eigenvalue weighted by Gasteiger charge is -2.20. The molecule has 0 aliphatic carbocycles. The third-order valence-electron chi connectivity index (χ3n) is 4.66. The number of hydrogen-bond donors (Lipinski definition) is 1. The van der Waals surface area contributed by atoms with Crippen molar-refractivity contribution in [3.63, 3.8) is 0 Å². The van der Waals surface area contributed by atoms with Crippen LogP contribution in [-0.2, 0) is 17.9 Å². The first-order valence-corrected chi connectivity index (χ1v) is 10.1. The standard InChI is InChI=1S/C21H23BrN4O2/c1-3-25(4-2)20(27)14-26-18-8-6-5-7-17(18)24-19(26)13-23-21(28)15-9-11-16(22)12-10-15/h5-12H,3-4,13-14H2,1-2H3,(H,23,28). The zero-order valence-corrected chi connectivity index (χ0v) is 17.6. The highest BCUT2D eigenvalue weighted by Gasteiger charge is 2.17. The molecule has 6 nitrogen and oxygen atoms in total. The molecule has 1 N–H and O–H groups in total. The third kappa shape index (κ3) is 4.42. The molecule has 146 valence electrons. The van der Waals surface area contributed by atoms with E-state index in [1.807, 2.05) is 54.8 Å². The van der Waals surface area contributed by atoms with E-state index in [1.54, 1.807) is 17.0 Å². The van der Waals surface area contributed by atoms with Gasteiger partial charge in [-0.2, -0.15) is 0 Å². The van der Waals surface area contributed by atoms with Gasteiger partial charge in [0.1, 0.15) is 12.4 Å². The van der Waals surface area contributed by atoms with Crippen molar-refractivity contribution in [3.8, 4) is 0 Å². The zero-order chi connectivity index (χ0) is 20.1. The first-order valence-electron chi connectivity index (χ1n) is 9.29. The SMILES string of the molecule is CCN(CC)C(=O)Cn1c(CNC(=O)c2ccc(Br)cc2)nc2ccccc21. The summed E-state index contributed by atoms with van der Waals surface area (Å²) in [6, 6.07) is 14.9. The second-order valence-electron chi connectivity index (χ2n) is 6.36. The van der Waals surface area contributed by atoms with Crippen LogP contribution < -0.4 is 5.32 Å². The van der Waals surface area contributed by atoms with E-state index >= 15 is 0 Å². The number of imidazole rings is 1. The molecule has 0 saturated heterocycles. The third-order valence-corrected chi connectivity index (χ3v) is 5.19. The number of para-hydroxylation sites is 2. The Bertz CT molecular complexity index is 978. The van der Waals surface area contributed by atoms with Crippen molar-refractivity contribution in [3.05, 3.63) is 64.4 Å². The summed E-state index contributed by atoms with van der Waals surface area (Å²) < 4.78 is 2.80. The van der Waals surface area contributed by atoms with E-state index in [9.17, 15) is 9.59 Å². The number of carbonyl (C=O) groups excluding carboxylic acids is 2. The van der Waals surface area contributed by atoms with Gasteiger partial charge in [-0.25, -0.2) is 4.98 Å². The molecular formula is C21H23BrN4O2. The van der Waals surface area contributed by atoms with Crippen molar-refractivity contribution in [2.75, 3.05) is 13.1 Å². The minimum absolute atomic E-state index is 0.0358. The van der Waals surface area contributed by atoms with E-state index in [4.69, 9.17) is 0 Å². The lowest BCUT2D eigenvalue weighted by Crippen LogP contribution is -2.34. The Morgan fingerprint density at radius 1 is 1.07 bits per heavy atom. The van der Waals surface area contributed by atoms with Crippen molar-refractivity contribution in [2.24, 2.45) is 0 Å². The molecule has 0 fully saturated rings. The van der Waals surface area contributed by atoms with Crippen LogP contribution in [0.25, 0.3) is 11.0 Å². The van der Waals surface area contributed by atoms with E-state index in [1.165, 1.54) is 0 Å². The van der Waals surface area contributed by atoms with Crippen LogP contribution in [0.15, 0.2) is 53.0 Å². The van der Waals surface area contributed by atoms with Gasteiger partial charge in [0.2, 0.25) is 5.91 Å². The van der Waals surface area contributed by atoms with Crippen LogP contribution in [0.2, 0.25) is 0 Å². The van der Waals surface area contributed by atoms with Gasteiger partial charge < -0.3 is 14.8 Å². The molecule has 1 heterocycles. The van der Waals surface area contributed by atoms with E-state index in [0.717, 1.165) is 15.5 Å². The molecule has 0 radical (unpaired) electrons. The molecule has 0 saturated carbocycles. The summed E-state index contributed by atoms with van der Waals surface area (Å²) in [5.74, 6) is 0.516. The number of hydrogen-bond acceptors (Lipinski definition) is 3. The van der Waals surface area contributed by atoms with Crippen molar-refractivity contribution < 1.29 is 9.59 Å². The fourth-order valence-corrected chi connectivity index (χ4v) is 3.38. The maximum atomic E-state index is 12.6. The predicted octanol–water partition coefficient (Wildman–Crippen LogP) is 3.60. The van der Waals surface area contributed by atoms with Crippen LogP contribution in [0, 0.1) is 0 Å². The van der Waals surface area contributed by atoms with Gasteiger partial charge in [0.05, 0.1) is 17.6 Å². The van der Waals surface area contributed by atoms with Crippen LogP contribution in [-0.4, -0.2) is 39.4 Å². The van der Waals surface area contributed by atoms with Gasteiger partial charge in [0.25, 0.3) is 5.91 Å². The molecule has 3 rings (SSSR count). The van der Waals surface area contributed by atoms with E-state index < -0.39 is 0 Å². The summed E-state index contributed by atoms with van der Waals surface area (Å²) >= 11 is 3.36. The van der Waals surface area contributed by atoms with Gasteiger partial charge in [-0.15, -0.1) is 0 Å². The molecule has 28 heavy (non-hydrogen) atoms. The molecule has 7 heteroatoms. The predicted molar refractivity (Wildman–Crippen MR) is 113 cm³/mol. The molecule has 1 aromatic heterocycles. The molecular weight excluding hydrogens is 420 g/mol. The second-order valence-corrected chi connectivity index (χ2v) is 7.27. The second kappa shape index (κ2) is 9.01. The Morgan fingerprint density at radius 3 is 2.43 bits per heavy atom. The number of benzene rings is 2. The number of nitrogens with one attached hydrogen (secondary N) is 1. The highest BCUT2D eigenvalue weighted by molar-refractivity contribution is 9.10. The summed E-state index contributed by atoms with van der Waals surface area (Å²) in [7, 11) is 0. The van der Waals surface area contributed by atoms with Gasteiger partial charge in [-0.3, -0.25) is 9.59 Å². The Labute approximate surface area is 172 Å². The zero-order valence-electron chi connectivity index (χ0n) is 16.0. The van der Waals surface area contributed by atoms with Crippen molar-refractivity contribution in [1.82, 2.24) is 19.8 Å². The number of nitrogens with zero attached hydrogens (tertiary/aromatic N) is 3. The number of aromatic nitrogens is 2. The molecule has 0 bridgehead atoms. The van der Waals surface area contributed by atoms with E-state index in [2.05, 4.69) is 26.2 Å². The topological polar surface area (TPSA) is 67.2 Å². The largest absolute Gasteiger partial charge is 0.345 e. The van der Waals surface area contributed by atoms with E-state index in [-0.39, 0.29) is 24.9 Å². The minimum Gasteiger partial charge on any atom is -0.345 e. The first kappa shape index (κ1) is 20.1. The normalized spacial score (nSPS) is 10.8. The first-order chi connectivity index (χ1) is 13.5. The maximum absolute atomic E-state index is 12.6. The van der Waals surface area contributed by atoms with Gasteiger partial charge >= 0.3 is 0 Å². The van der Waals surface area contributed by atoms with Crippen LogP contribution in [0.4, 0.5) is 0 Å². The van der Waals surface area contributed by atoms with Crippen LogP contribution in [0.3, 0.4) is 0 Å². The van der Waals surface area contributed by atoms with Gasteiger partial charge in [-0.1, -0.05) is 28.1 Å². The molecule has 0 atom stereocenters. The van der Waals surface area contributed by atoms with Crippen LogP contribution >= 0.6 is 15.9 Å². The van der Waals surface area contributed by atoms with Gasteiger partial charge in [0, 0.05) is 23.1 Å². The minimum atomic E-state index is -0.179. The van der Waals surface area contributed by atoms with Gasteiger partial charge in [0.15, 0.2) is 0 Å². The number of amides is 2. The average molecular weight is 443 g/mol. The molecule has 2 aromatic carbocycles. The van der Waals surface area contributed by atoms with Gasteiger partial charge in [-0.05, 0) is 50.2 Å². The Balaban J connectivity index is 1.83. The Hall–Kier alpha value is -2.67. The van der Waals surface area contributed by atoms with E-state index in [0.29, 0.717) is 24.5 Å². The monoisotopic (exact) mass is 442 g/mol. The molecule has 0 aliphatic heterocycles. The number of rotatable bonds is 7. The number of likely N-dealkylation sites (N-methyl/N-ethyl adjacent to an activating group) is 1. The number of halogens is 1. The fraction of sp³-hybridized carbons (Fsp3) is 0.286. The summed E-state index contributed by atoms with van der Waals surface area (Å²) in [5, 5.41) is 2.90. The molecule has 2 amide bonds.